The number of rotatable bonds is 9. The molecule has 0 saturated heterocycles. The normalized spacial score (nSPS) is 11.8. The molecule has 0 fully saturated rings. The quantitative estimate of drug-likeness (QED) is 0.0900. The Labute approximate surface area is 210 Å². The molecule has 2 amide bonds. The van der Waals surface area contributed by atoms with E-state index in [9.17, 15) is 9.59 Å². The van der Waals surface area contributed by atoms with Gasteiger partial charge in [0.2, 0.25) is 5.91 Å². The van der Waals surface area contributed by atoms with E-state index in [1.807, 2.05) is 38.1 Å². The van der Waals surface area contributed by atoms with Gasteiger partial charge in [-0.2, -0.15) is 0 Å². The van der Waals surface area contributed by atoms with Crippen LogP contribution in [0.2, 0.25) is 5.02 Å². The minimum Gasteiger partial charge on any atom is -0.400 e. The summed E-state index contributed by atoms with van der Waals surface area (Å²) in [7, 11) is 0. The molecule has 186 valence electrons. The molecule has 0 heterocycles. The lowest BCUT2D eigenvalue weighted by Gasteiger charge is -2.17. The number of hydroxylamine groups is 1. The van der Waals surface area contributed by atoms with Crippen molar-refractivity contribution in [2.75, 3.05) is 11.9 Å². The lowest BCUT2D eigenvalue weighted by Crippen LogP contribution is -2.37. The van der Waals surface area contributed by atoms with Crippen LogP contribution in [-0.4, -0.2) is 28.6 Å². The van der Waals surface area contributed by atoms with E-state index in [2.05, 4.69) is 17.9 Å². The first-order valence-electron chi connectivity index (χ1n) is 10.5. The molecule has 0 aliphatic heterocycles. The number of anilines is 1. The second-order valence-electron chi connectivity index (χ2n) is 7.90. The molecule has 1 atom stereocenters. The predicted molar refractivity (Wildman–Crippen MR) is 138 cm³/mol. The molecule has 9 nitrogen and oxygen atoms in total. The number of benzene rings is 2. The molecule has 0 bridgehead atoms. The maximum absolute atomic E-state index is 12.3. The molecule has 2 aromatic carbocycles. The van der Waals surface area contributed by atoms with Gasteiger partial charge in [-0.1, -0.05) is 37.6 Å². The summed E-state index contributed by atoms with van der Waals surface area (Å²) in [5, 5.41) is 13.7. The molecule has 11 heteroatoms. The van der Waals surface area contributed by atoms with Gasteiger partial charge in [0.1, 0.15) is 5.92 Å². The highest BCUT2D eigenvalue weighted by atomic mass is 35.5. The monoisotopic (exact) mass is 508 g/mol. The molecule has 0 radical (unpaired) electrons. The second kappa shape index (κ2) is 15.2. The smallest absolute Gasteiger partial charge is 0.255 e. The van der Waals surface area contributed by atoms with Crippen molar-refractivity contribution in [3.05, 3.63) is 71.0 Å². The zero-order valence-electron chi connectivity index (χ0n) is 19.2. The van der Waals surface area contributed by atoms with Gasteiger partial charge in [0.05, 0.1) is 6.54 Å². The zero-order valence-corrected chi connectivity index (χ0v) is 20.9. The number of hydrogen-bond donors (Lipinski definition) is 7. The van der Waals surface area contributed by atoms with Crippen molar-refractivity contribution in [2.45, 2.75) is 31.7 Å². The summed E-state index contributed by atoms with van der Waals surface area (Å²) in [4.78, 5) is 25.0. The van der Waals surface area contributed by atoms with Crippen LogP contribution in [-0.2, 0) is 16.1 Å². The van der Waals surface area contributed by atoms with Gasteiger partial charge in [-0.15, -0.1) is 12.6 Å². The predicted octanol–water partition coefficient (Wildman–Crippen LogP) is 2.86. The molecular formula is C23H33ClN6O3S. The van der Waals surface area contributed by atoms with Crippen LogP contribution < -0.4 is 28.1 Å². The van der Waals surface area contributed by atoms with Crippen molar-refractivity contribution in [1.29, 1.82) is 0 Å². The highest BCUT2D eigenvalue weighted by Gasteiger charge is 2.27. The maximum atomic E-state index is 12.3. The summed E-state index contributed by atoms with van der Waals surface area (Å²) < 4.78 is 0. The number of hydrazine groups is 1. The summed E-state index contributed by atoms with van der Waals surface area (Å²) in [6.45, 7) is 4.42. The Bertz CT molecular complexity index is 918. The second-order valence-corrected chi connectivity index (χ2v) is 8.85. The first-order chi connectivity index (χ1) is 16.0. The van der Waals surface area contributed by atoms with E-state index >= 15 is 0 Å². The van der Waals surface area contributed by atoms with E-state index in [1.54, 1.807) is 35.9 Å². The van der Waals surface area contributed by atoms with Crippen molar-refractivity contribution in [3.63, 3.8) is 0 Å². The van der Waals surface area contributed by atoms with Gasteiger partial charge in [-0.3, -0.25) is 14.8 Å². The van der Waals surface area contributed by atoms with E-state index in [4.69, 9.17) is 34.1 Å². The van der Waals surface area contributed by atoms with Crippen LogP contribution in [0, 0.1) is 11.8 Å². The van der Waals surface area contributed by atoms with E-state index < -0.39 is 17.7 Å². The van der Waals surface area contributed by atoms with E-state index in [-0.39, 0.29) is 12.5 Å². The van der Waals surface area contributed by atoms with Crippen LogP contribution in [0.25, 0.3) is 0 Å². The van der Waals surface area contributed by atoms with Gasteiger partial charge < -0.3 is 21.8 Å². The van der Waals surface area contributed by atoms with Crippen LogP contribution in [0.3, 0.4) is 0 Å². The number of nitrogens with two attached hydrogens (primary N) is 3. The lowest BCUT2D eigenvalue weighted by atomic mass is 9.95. The SMILES string of the molecule is CC(C)CC(C(=O)NO)C(=O)Nc1ccc(CN(N)/C=C(\N)CN)cc1.Sc1ccc(Cl)cc1. The highest BCUT2D eigenvalue weighted by molar-refractivity contribution is 7.80. The third-order valence-electron chi connectivity index (χ3n) is 4.43. The Morgan fingerprint density at radius 3 is 2.18 bits per heavy atom. The lowest BCUT2D eigenvalue weighted by molar-refractivity contribution is -0.139. The summed E-state index contributed by atoms with van der Waals surface area (Å²) in [6, 6.07) is 14.3. The molecule has 0 aliphatic rings. The Hall–Kier alpha value is -2.76. The largest absolute Gasteiger partial charge is 0.400 e. The van der Waals surface area contributed by atoms with Crippen LogP contribution >= 0.6 is 24.2 Å². The fraction of sp³-hybridized carbons (Fsp3) is 0.304. The Kier molecular flexibility index (Phi) is 13.1. The Morgan fingerprint density at radius 1 is 1.12 bits per heavy atom. The topological polar surface area (TPSA) is 160 Å². The van der Waals surface area contributed by atoms with Crippen LogP contribution in [0.5, 0.6) is 0 Å². The standard InChI is InChI=1S/C17H28N6O3.C6H5ClS/c1-11(2)7-15(17(25)22-26)16(24)21-14-5-3-12(4-6-14)9-23(20)10-13(19)8-18;7-5-1-3-6(8)4-2-5/h3-6,10-11,15,26H,7-9,18-20H2,1-2H3,(H,21,24)(H,22,25);1-4,8H/b13-10-;. The zero-order chi connectivity index (χ0) is 25.7. The summed E-state index contributed by atoms with van der Waals surface area (Å²) in [6.07, 6.45) is 1.88. The highest BCUT2D eigenvalue weighted by Crippen LogP contribution is 2.17. The molecule has 0 aromatic heterocycles. The third kappa shape index (κ3) is 11.4. The molecule has 2 rings (SSSR count). The van der Waals surface area contributed by atoms with Crippen LogP contribution in [0.1, 0.15) is 25.8 Å². The number of thiol groups is 1. The maximum Gasteiger partial charge on any atom is 0.255 e. The van der Waals surface area contributed by atoms with Crippen molar-refractivity contribution < 1.29 is 14.8 Å². The minimum atomic E-state index is -0.969. The summed E-state index contributed by atoms with van der Waals surface area (Å²) >= 11 is 9.65. The molecular weight excluding hydrogens is 476 g/mol. The van der Waals surface area contributed by atoms with E-state index in [0.717, 1.165) is 15.5 Å². The molecule has 9 N–H and O–H groups in total. The molecule has 34 heavy (non-hydrogen) atoms. The first kappa shape index (κ1) is 29.3. The third-order valence-corrected chi connectivity index (χ3v) is 4.98. The fourth-order valence-electron chi connectivity index (χ4n) is 2.77. The van der Waals surface area contributed by atoms with Crippen molar-refractivity contribution in [3.8, 4) is 0 Å². The Balaban J connectivity index is 0.000000605. The first-order valence-corrected chi connectivity index (χ1v) is 11.3. The molecule has 0 aliphatic carbocycles. The average molecular weight is 509 g/mol. The number of nitrogens with zero attached hydrogens (tertiary/aromatic N) is 1. The number of carbonyl (C=O) groups is 2. The van der Waals surface area contributed by atoms with Gasteiger partial charge in [0.25, 0.3) is 5.91 Å². The number of hydrogen-bond acceptors (Lipinski definition) is 8. The molecule has 1 unspecified atom stereocenters. The van der Waals surface area contributed by atoms with Crippen LogP contribution in [0.15, 0.2) is 65.3 Å². The van der Waals surface area contributed by atoms with E-state index in [1.165, 1.54) is 5.01 Å². The summed E-state index contributed by atoms with van der Waals surface area (Å²) in [5.74, 6) is 3.77. The number of halogens is 1. The Morgan fingerprint density at radius 2 is 1.71 bits per heavy atom. The van der Waals surface area contributed by atoms with Gasteiger partial charge in [0, 0.05) is 34.0 Å². The number of nitrogens with one attached hydrogen (secondary N) is 2. The van der Waals surface area contributed by atoms with Crippen molar-refractivity contribution >= 4 is 41.7 Å². The number of amides is 2. The molecule has 0 spiro atoms. The fourth-order valence-corrected chi connectivity index (χ4v) is 3.04. The van der Waals surface area contributed by atoms with Gasteiger partial charge in [0.15, 0.2) is 0 Å². The minimum absolute atomic E-state index is 0.120. The van der Waals surface area contributed by atoms with Crippen molar-refractivity contribution in [1.82, 2.24) is 10.5 Å². The number of carbonyl (C=O) groups excluding carboxylic acids is 2. The molecule has 0 saturated carbocycles. The summed E-state index contributed by atoms with van der Waals surface area (Å²) in [5.41, 5.74) is 14.5. The molecule has 2 aromatic rings. The van der Waals surface area contributed by atoms with Crippen molar-refractivity contribution in [2.24, 2.45) is 29.1 Å². The van der Waals surface area contributed by atoms with Crippen LogP contribution in [0.4, 0.5) is 5.69 Å². The van der Waals surface area contributed by atoms with Gasteiger partial charge >= 0.3 is 0 Å². The average Bonchev–Trinajstić information content (AvgIpc) is 2.80. The van der Waals surface area contributed by atoms with Gasteiger partial charge in [-0.05, 0) is 54.3 Å². The van der Waals surface area contributed by atoms with E-state index in [0.29, 0.717) is 24.4 Å². The van der Waals surface area contributed by atoms with Gasteiger partial charge in [-0.25, -0.2) is 11.3 Å².